The molecule has 0 aliphatic carbocycles. The molecule has 0 aliphatic rings. The molecule has 1 amide bonds. The first kappa shape index (κ1) is 38.6. The first-order valence-corrected chi connectivity index (χ1v) is 21.6. The summed E-state index contributed by atoms with van der Waals surface area (Å²) in [6.45, 7) is 0. The number of thioether (sulfide) groups is 10. The van der Waals surface area contributed by atoms with E-state index >= 15 is 0 Å². The van der Waals surface area contributed by atoms with E-state index in [1.807, 2.05) is 23.5 Å². The van der Waals surface area contributed by atoms with Gasteiger partial charge in [-0.1, -0.05) is 0 Å². The van der Waals surface area contributed by atoms with Crippen LogP contribution in [0.15, 0.2) is 9.98 Å². The largest absolute Gasteiger partial charge is 0.438 e. The fourth-order valence-electron chi connectivity index (χ4n) is 1.36. The molecule has 0 aromatic heterocycles. The van der Waals surface area contributed by atoms with Gasteiger partial charge in [-0.05, 0) is 0 Å². The molecule has 218 valence electrons. The first-order chi connectivity index (χ1) is 18.3. The van der Waals surface area contributed by atoms with E-state index in [0.29, 0.717) is 29.6 Å². The number of amides is 1. The Morgan fingerprint density at radius 3 is 1.92 bits per heavy atom. The van der Waals surface area contributed by atoms with Gasteiger partial charge in [0.15, 0.2) is 0 Å². The molecule has 0 bridgehead atoms. The number of aliphatic imine (C=N–C) groups is 2. The number of aliphatic hydroxyl groups excluding tert-OH is 1. The molecule has 0 radical (unpaired) electrons. The van der Waals surface area contributed by atoms with Gasteiger partial charge in [0.1, 0.15) is 17.8 Å². The van der Waals surface area contributed by atoms with Crippen molar-refractivity contribution in [3.05, 3.63) is 0 Å². The van der Waals surface area contributed by atoms with Gasteiger partial charge in [0.05, 0.1) is 17.7 Å². The Hall–Kier alpha value is 1.59. The predicted octanol–water partition coefficient (Wildman–Crippen LogP) is 6.07. The molecule has 0 rings (SSSR count). The van der Waals surface area contributed by atoms with E-state index in [4.69, 9.17) is 24.5 Å². The minimum Gasteiger partial charge on any atom is -0.438 e. The molecule has 0 aromatic carbocycles. The molecule has 0 saturated heterocycles. The molecular formula is C17H33N3O7S10. The summed E-state index contributed by atoms with van der Waals surface area (Å²) < 4.78 is 5.15. The zero-order chi connectivity index (χ0) is 26.9. The standard InChI is InChI=1S/C17H33N3O7S10/c1-18-2-24-26-8-33-14-37-16-36-13-31-7-23-17(22)20-5-29-11-35-15-34-10-28-4-19-3-25-27-9-32-12-30-6-21/h2-3,21H,4-16H2,1H3,(H,20,22)/b18-2+,19-3+. The lowest BCUT2D eigenvalue weighted by Crippen LogP contribution is -2.23. The van der Waals surface area contributed by atoms with Crippen molar-refractivity contribution in [1.82, 2.24) is 5.32 Å². The van der Waals surface area contributed by atoms with Crippen LogP contribution in [0.3, 0.4) is 0 Å². The molecule has 37 heavy (non-hydrogen) atoms. The van der Waals surface area contributed by atoms with Gasteiger partial charge in [0.2, 0.25) is 12.8 Å². The number of aliphatic hydroxyl groups is 1. The van der Waals surface area contributed by atoms with E-state index in [1.54, 1.807) is 77.6 Å². The minimum absolute atomic E-state index is 0.112. The average Bonchev–Trinajstić information content (AvgIpc) is 2.90. The van der Waals surface area contributed by atoms with Gasteiger partial charge in [-0.25, -0.2) is 9.79 Å². The quantitative estimate of drug-likeness (QED) is 0.0233. The number of carbonyl (C=O) groups excluding carboxylic acids is 1. The number of ether oxygens (including phenoxy) is 1. The van der Waals surface area contributed by atoms with Crippen LogP contribution in [0, 0.1) is 0 Å². The van der Waals surface area contributed by atoms with Crippen LogP contribution >= 0.6 is 118 Å². The van der Waals surface area contributed by atoms with Gasteiger partial charge >= 0.3 is 6.09 Å². The number of hydrogen-bond acceptors (Lipinski definition) is 19. The lowest BCUT2D eigenvalue weighted by atomic mass is 11.1. The Kier molecular flexibility index (Phi) is 37.1. The highest BCUT2D eigenvalue weighted by Gasteiger charge is 2.01. The van der Waals surface area contributed by atoms with Gasteiger partial charge in [0.25, 0.3) is 0 Å². The maximum atomic E-state index is 11.7. The van der Waals surface area contributed by atoms with Crippen molar-refractivity contribution in [3.8, 4) is 0 Å². The SMILES string of the molecule is C/N=C/OOCSCSCSCSCOC(=O)NCSCSCSCSC/N=C/OOCSCSCO. The van der Waals surface area contributed by atoms with Crippen molar-refractivity contribution < 1.29 is 34.2 Å². The highest BCUT2D eigenvalue weighted by molar-refractivity contribution is 8.26. The van der Waals surface area contributed by atoms with E-state index in [-0.39, 0.29) is 12.0 Å². The van der Waals surface area contributed by atoms with Gasteiger partial charge in [-0.3, -0.25) is 4.99 Å². The number of nitrogens with zero attached hydrogens (tertiary/aromatic N) is 2. The van der Waals surface area contributed by atoms with Gasteiger partial charge in [-0.15, -0.1) is 118 Å². The smallest absolute Gasteiger partial charge is 0.408 e. The van der Waals surface area contributed by atoms with Crippen molar-refractivity contribution in [2.45, 2.75) is 0 Å². The molecule has 0 aromatic rings. The van der Waals surface area contributed by atoms with E-state index in [1.165, 1.54) is 36.3 Å². The van der Waals surface area contributed by atoms with Crippen LogP contribution < -0.4 is 5.32 Å². The van der Waals surface area contributed by atoms with Crippen molar-refractivity contribution in [3.63, 3.8) is 0 Å². The zero-order valence-corrected chi connectivity index (χ0v) is 28.4. The third-order valence-electron chi connectivity index (χ3n) is 2.68. The Labute approximate surface area is 262 Å². The van der Waals surface area contributed by atoms with Crippen molar-refractivity contribution in [2.75, 3.05) is 78.2 Å². The minimum atomic E-state index is -0.378. The number of hydrogen-bond donors (Lipinski definition) is 2. The second kappa shape index (κ2) is 35.6. The summed E-state index contributed by atoms with van der Waals surface area (Å²) in [5.41, 5.74) is 0. The number of nitrogens with one attached hydrogen (secondary N) is 1. The molecule has 2 N–H and O–H groups in total. The third kappa shape index (κ3) is 35.6. The number of carbonyl (C=O) groups is 1. The fraction of sp³-hybridized carbons (Fsp3) is 0.824. The van der Waals surface area contributed by atoms with E-state index in [9.17, 15) is 4.79 Å². The monoisotopic (exact) mass is 711 g/mol. The maximum Gasteiger partial charge on any atom is 0.408 e. The van der Waals surface area contributed by atoms with E-state index in [2.05, 4.69) is 20.2 Å². The average molecular weight is 712 g/mol. The highest BCUT2D eigenvalue weighted by Crippen LogP contribution is 2.22. The topological polar surface area (TPSA) is 120 Å². The second-order valence-electron chi connectivity index (χ2n) is 5.31. The van der Waals surface area contributed by atoms with Crippen LogP contribution in [0.1, 0.15) is 0 Å². The molecule has 0 fully saturated rings. The highest BCUT2D eigenvalue weighted by atomic mass is 32.3. The summed E-state index contributed by atoms with van der Waals surface area (Å²) in [5.74, 6) is 2.48. The molecule has 0 unspecified atom stereocenters. The first-order valence-electron chi connectivity index (χ1n) is 10.1. The third-order valence-corrected chi connectivity index (χ3v) is 13.7. The summed E-state index contributed by atoms with van der Waals surface area (Å²) in [6.07, 6.45) is 2.18. The van der Waals surface area contributed by atoms with Crippen molar-refractivity contribution in [1.29, 1.82) is 0 Å². The van der Waals surface area contributed by atoms with Crippen molar-refractivity contribution >= 4 is 137 Å². The molecular weight excluding hydrogens is 679 g/mol. The summed E-state index contributed by atoms with van der Waals surface area (Å²) in [7, 11) is 1.61. The van der Waals surface area contributed by atoms with Crippen molar-refractivity contribution in [2.24, 2.45) is 9.98 Å². The van der Waals surface area contributed by atoms with Gasteiger partial charge in [-0.2, -0.15) is 9.78 Å². The summed E-state index contributed by atoms with van der Waals surface area (Å²) in [4.78, 5) is 38.6. The molecule has 0 aliphatic heterocycles. The summed E-state index contributed by atoms with van der Waals surface area (Å²) in [5, 5.41) is 17.7. The van der Waals surface area contributed by atoms with E-state index < -0.39 is 0 Å². The zero-order valence-electron chi connectivity index (χ0n) is 20.2. The van der Waals surface area contributed by atoms with Crippen LogP contribution in [0.5, 0.6) is 0 Å². The Morgan fingerprint density at radius 1 is 0.730 bits per heavy atom. The normalized spacial score (nSPS) is 11.4. The van der Waals surface area contributed by atoms with E-state index in [0.717, 1.165) is 35.6 Å². The fourth-order valence-corrected chi connectivity index (χ4v) is 10.8. The predicted molar refractivity (Wildman–Crippen MR) is 178 cm³/mol. The van der Waals surface area contributed by atoms with Gasteiger partial charge in [0, 0.05) is 42.6 Å². The molecule has 0 saturated carbocycles. The summed E-state index contributed by atoms with van der Waals surface area (Å²) in [6, 6.07) is 0. The number of alkyl carbamates (subject to hydrolysis) is 1. The Balaban J connectivity index is 3.19. The second-order valence-corrected chi connectivity index (χ2v) is 17.5. The molecule has 0 spiro atoms. The lowest BCUT2D eigenvalue weighted by Gasteiger charge is -2.07. The van der Waals surface area contributed by atoms with Crippen LogP contribution in [-0.4, -0.2) is 102 Å². The number of rotatable bonds is 29. The molecule has 10 nitrogen and oxygen atoms in total. The lowest BCUT2D eigenvalue weighted by molar-refractivity contribution is -0.196. The Morgan fingerprint density at radius 2 is 1.27 bits per heavy atom. The summed E-state index contributed by atoms with van der Waals surface area (Å²) >= 11 is 16.7. The van der Waals surface area contributed by atoms with Crippen LogP contribution in [0.2, 0.25) is 0 Å². The molecule has 0 heterocycles. The maximum absolute atomic E-state index is 11.7. The van der Waals surface area contributed by atoms with Crippen LogP contribution in [0.4, 0.5) is 4.79 Å². The van der Waals surface area contributed by atoms with Crippen LogP contribution in [0.25, 0.3) is 0 Å². The molecule has 0 atom stereocenters. The van der Waals surface area contributed by atoms with Gasteiger partial charge < -0.3 is 24.9 Å². The molecule has 20 heteroatoms. The Bertz CT molecular complexity index is 548. The van der Waals surface area contributed by atoms with Crippen LogP contribution in [-0.2, 0) is 24.3 Å².